The molecule has 1 fully saturated rings. The van der Waals surface area contributed by atoms with E-state index in [1.807, 2.05) is 0 Å². The summed E-state index contributed by atoms with van der Waals surface area (Å²) in [6.45, 7) is -0.793. The number of rotatable bonds is 7. The Morgan fingerprint density at radius 1 is 1.18 bits per heavy atom. The summed E-state index contributed by atoms with van der Waals surface area (Å²) >= 11 is 5.87. The number of nitrogens with zero attached hydrogens (tertiary/aromatic N) is 2. The number of hydrogen-bond acceptors (Lipinski definition) is 6. The van der Waals surface area contributed by atoms with E-state index in [-0.39, 0.29) is 23.0 Å². The maximum absolute atomic E-state index is 13.6. The second-order valence-corrected chi connectivity index (χ2v) is 8.25. The van der Waals surface area contributed by atoms with Gasteiger partial charge in [0, 0.05) is 17.1 Å². The van der Waals surface area contributed by atoms with Crippen molar-refractivity contribution in [2.24, 2.45) is 5.92 Å². The molecule has 0 aliphatic heterocycles. The molecule has 1 saturated carbocycles. The minimum Gasteiger partial charge on any atom is -0.466 e. The number of carbonyl (C=O) groups is 1. The topological polar surface area (TPSA) is 93.6 Å². The van der Waals surface area contributed by atoms with Crippen LogP contribution in [0.15, 0.2) is 24.3 Å². The molecule has 1 unspecified atom stereocenters. The fourth-order valence-electron chi connectivity index (χ4n) is 2.96. The second kappa shape index (κ2) is 9.45. The maximum Gasteiger partial charge on any atom is 0.438 e. The molecule has 14 heteroatoms. The molecule has 3 rings (SSSR count). The molecule has 0 bridgehead atoms. The molecule has 2 aromatic rings. The normalized spacial score (nSPS) is 16.0. The van der Waals surface area contributed by atoms with Gasteiger partial charge in [0.05, 0.1) is 5.60 Å². The number of benzene rings is 1. The van der Waals surface area contributed by atoms with E-state index in [1.165, 1.54) is 31.2 Å². The Labute approximate surface area is 194 Å². The fourth-order valence-corrected chi connectivity index (χ4v) is 3.15. The van der Waals surface area contributed by atoms with Crippen molar-refractivity contribution in [2.45, 2.75) is 37.7 Å². The van der Waals surface area contributed by atoms with Gasteiger partial charge >= 0.3 is 18.4 Å². The number of amides is 1. The van der Waals surface area contributed by atoms with E-state index >= 15 is 0 Å². The highest BCUT2D eigenvalue weighted by molar-refractivity contribution is 6.30. The number of hydrogen-bond donors (Lipinski definition) is 2. The van der Waals surface area contributed by atoms with E-state index < -0.39 is 53.8 Å². The monoisotopic (exact) mass is 513 g/mol. The Morgan fingerprint density at radius 3 is 2.41 bits per heavy atom. The summed E-state index contributed by atoms with van der Waals surface area (Å²) in [7, 11) is 0. The van der Waals surface area contributed by atoms with Crippen LogP contribution >= 0.6 is 11.6 Å². The SMILES string of the molecule is CC(O)(CNC(=O)Oc1nc(-c2cccc(Cl)c2)c(OCC(F)(F)F)nc1C(F)(F)F)C1CC1. The lowest BCUT2D eigenvalue weighted by molar-refractivity contribution is -0.154. The van der Waals surface area contributed by atoms with Crippen molar-refractivity contribution < 1.29 is 45.7 Å². The summed E-state index contributed by atoms with van der Waals surface area (Å²) in [4.78, 5) is 18.9. The first-order valence-corrected chi connectivity index (χ1v) is 10.2. The molecule has 1 aliphatic carbocycles. The first-order chi connectivity index (χ1) is 15.7. The summed E-state index contributed by atoms with van der Waals surface area (Å²) in [5.41, 5.74) is -3.77. The molecule has 34 heavy (non-hydrogen) atoms. The largest absolute Gasteiger partial charge is 0.466 e. The molecule has 7 nitrogen and oxygen atoms in total. The van der Waals surface area contributed by atoms with Crippen LogP contribution in [0, 0.1) is 5.92 Å². The van der Waals surface area contributed by atoms with Crippen LogP contribution in [-0.2, 0) is 6.18 Å². The molecule has 1 heterocycles. The highest BCUT2D eigenvalue weighted by Crippen LogP contribution is 2.40. The molecule has 0 radical (unpaired) electrons. The van der Waals surface area contributed by atoms with Gasteiger partial charge in [0.2, 0.25) is 11.6 Å². The Morgan fingerprint density at radius 2 is 1.85 bits per heavy atom. The Kier molecular flexibility index (Phi) is 7.18. The third-order valence-electron chi connectivity index (χ3n) is 4.81. The zero-order chi connectivity index (χ0) is 25.3. The van der Waals surface area contributed by atoms with Crippen LogP contribution in [0.5, 0.6) is 11.8 Å². The van der Waals surface area contributed by atoms with Crippen molar-refractivity contribution >= 4 is 17.7 Å². The van der Waals surface area contributed by atoms with Crippen molar-refractivity contribution in [3.63, 3.8) is 0 Å². The summed E-state index contributed by atoms with van der Waals surface area (Å²) in [5.74, 6) is -2.47. The van der Waals surface area contributed by atoms with Gasteiger partial charge in [-0.3, -0.25) is 0 Å². The van der Waals surface area contributed by atoms with Gasteiger partial charge in [0.25, 0.3) is 5.88 Å². The number of ether oxygens (including phenoxy) is 2. The van der Waals surface area contributed by atoms with E-state index in [4.69, 9.17) is 16.3 Å². The summed E-state index contributed by atoms with van der Waals surface area (Å²) < 4.78 is 87.9. The van der Waals surface area contributed by atoms with E-state index in [1.54, 1.807) is 0 Å². The summed E-state index contributed by atoms with van der Waals surface area (Å²) in [6, 6.07) is 5.28. The number of alkyl halides is 6. The van der Waals surface area contributed by atoms with Gasteiger partial charge in [-0.2, -0.15) is 26.3 Å². The van der Waals surface area contributed by atoms with Crippen LogP contribution in [0.3, 0.4) is 0 Å². The Hall–Kier alpha value is -2.80. The average Bonchev–Trinajstić information content (AvgIpc) is 3.56. The highest BCUT2D eigenvalue weighted by atomic mass is 35.5. The van der Waals surface area contributed by atoms with E-state index in [0.29, 0.717) is 0 Å². The van der Waals surface area contributed by atoms with Crippen LogP contribution in [0.1, 0.15) is 25.5 Å². The predicted octanol–water partition coefficient (Wildman–Crippen LogP) is 5.01. The zero-order valence-corrected chi connectivity index (χ0v) is 18.2. The molecular weight excluding hydrogens is 496 g/mol. The lowest BCUT2D eigenvalue weighted by atomic mass is 10.0. The number of halogens is 7. The second-order valence-electron chi connectivity index (χ2n) is 7.82. The van der Waals surface area contributed by atoms with Crippen LogP contribution < -0.4 is 14.8 Å². The first kappa shape index (κ1) is 25.8. The third kappa shape index (κ3) is 6.86. The number of aliphatic hydroxyl groups is 1. The summed E-state index contributed by atoms with van der Waals surface area (Å²) in [6.07, 6.45) is -10.0. The fraction of sp³-hybridized carbons (Fsp3) is 0.450. The Bertz CT molecular complexity index is 1060. The minimum atomic E-state index is -5.26. The molecule has 1 aliphatic rings. The van der Waals surface area contributed by atoms with Crippen molar-refractivity contribution in [3.8, 4) is 23.0 Å². The van der Waals surface area contributed by atoms with E-state index in [9.17, 15) is 36.2 Å². The first-order valence-electron chi connectivity index (χ1n) is 9.78. The standard InChI is InChI=1S/C20H18ClF6N3O4/c1-18(32,11-5-6-11)8-28-17(31)34-16-14(20(25,26)27)30-15(33-9-19(22,23)24)13(29-16)10-3-2-4-12(21)7-10/h2-4,7,11,32H,5-6,8-9H2,1H3,(H,28,31). The van der Waals surface area contributed by atoms with Crippen molar-refractivity contribution in [1.29, 1.82) is 0 Å². The van der Waals surface area contributed by atoms with Crippen molar-refractivity contribution in [2.75, 3.05) is 13.2 Å². The highest BCUT2D eigenvalue weighted by Gasteiger charge is 2.42. The lowest BCUT2D eigenvalue weighted by Gasteiger charge is -2.23. The quantitative estimate of drug-likeness (QED) is 0.506. The molecule has 1 aromatic heterocycles. The smallest absolute Gasteiger partial charge is 0.438 e. The van der Waals surface area contributed by atoms with Gasteiger partial charge in [0.1, 0.15) is 5.69 Å². The van der Waals surface area contributed by atoms with Crippen LogP contribution in [0.25, 0.3) is 11.3 Å². The van der Waals surface area contributed by atoms with Crippen molar-refractivity contribution in [1.82, 2.24) is 15.3 Å². The molecule has 1 amide bonds. The molecular formula is C20H18ClF6N3O4. The molecule has 0 spiro atoms. The van der Waals surface area contributed by atoms with E-state index in [0.717, 1.165) is 12.8 Å². The maximum atomic E-state index is 13.6. The molecule has 1 atom stereocenters. The van der Waals surface area contributed by atoms with Gasteiger partial charge < -0.3 is 19.9 Å². The molecule has 0 saturated heterocycles. The van der Waals surface area contributed by atoms with Gasteiger partial charge in [-0.05, 0) is 37.8 Å². The van der Waals surface area contributed by atoms with Crippen LogP contribution in [0.4, 0.5) is 31.1 Å². The predicted molar refractivity (Wildman–Crippen MR) is 106 cm³/mol. The zero-order valence-electron chi connectivity index (χ0n) is 17.4. The molecule has 1 aromatic carbocycles. The lowest BCUT2D eigenvalue weighted by Crippen LogP contribution is -2.43. The van der Waals surface area contributed by atoms with Crippen LogP contribution in [-0.4, -0.2) is 46.1 Å². The summed E-state index contributed by atoms with van der Waals surface area (Å²) in [5, 5.41) is 12.5. The van der Waals surface area contributed by atoms with E-state index in [2.05, 4.69) is 20.0 Å². The molecule has 2 N–H and O–H groups in total. The third-order valence-corrected chi connectivity index (χ3v) is 5.04. The number of aromatic nitrogens is 2. The van der Waals surface area contributed by atoms with Crippen LogP contribution in [0.2, 0.25) is 5.02 Å². The molecule has 186 valence electrons. The minimum absolute atomic E-state index is 0.0344. The van der Waals surface area contributed by atoms with Gasteiger partial charge in [-0.15, -0.1) is 0 Å². The van der Waals surface area contributed by atoms with Gasteiger partial charge in [0.15, 0.2) is 6.61 Å². The number of carbonyl (C=O) groups excluding carboxylic acids is 1. The average molecular weight is 514 g/mol. The van der Waals surface area contributed by atoms with Gasteiger partial charge in [-0.25, -0.2) is 14.8 Å². The van der Waals surface area contributed by atoms with Gasteiger partial charge in [-0.1, -0.05) is 23.7 Å². The Balaban J connectivity index is 1.98. The van der Waals surface area contributed by atoms with Crippen molar-refractivity contribution in [3.05, 3.63) is 35.0 Å². The number of nitrogens with one attached hydrogen (secondary N) is 1.